The van der Waals surface area contributed by atoms with E-state index in [0.717, 1.165) is 27.2 Å². The molecular weight excluding hydrogens is 382 g/mol. The largest absolute Gasteiger partial charge is 0.493 e. The zero-order valence-corrected chi connectivity index (χ0v) is 15.4. The van der Waals surface area contributed by atoms with Crippen LogP contribution in [-0.2, 0) is 0 Å². The second kappa shape index (κ2) is 8.48. The van der Waals surface area contributed by atoms with Crippen LogP contribution < -0.4 is 14.8 Å². The van der Waals surface area contributed by atoms with Gasteiger partial charge in [-0.1, -0.05) is 40.2 Å². The molecular formula is C19H18BrN3O2. The molecule has 0 aliphatic rings. The number of methoxy groups -OCH3 is 1. The first-order chi connectivity index (χ1) is 12.3. The number of hydrogen-bond acceptors (Lipinski definition) is 5. The Hall–Kier alpha value is -2.60. The van der Waals surface area contributed by atoms with Crippen LogP contribution >= 0.6 is 15.9 Å². The van der Waals surface area contributed by atoms with Crippen LogP contribution in [0.5, 0.6) is 11.5 Å². The highest BCUT2D eigenvalue weighted by Crippen LogP contribution is 2.25. The second-order valence-electron chi connectivity index (χ2n) is 5.20. The fourth-order valence-corrected chi connectivity index (χ4v) is 2.55. The molecule has 3 rings (SSSR count). The van der Waals surface area contributed by atoms with Crippen molar-refractivity contribution in [2.45, 2.75) is 0 Å². The van der Waals surface area contributed by atoms with Crippen molar-refractivity contribution in [3.8, 4) is 22.8 Å². The Balaban J connectivity index is 1.57. The Morgan fingerprint density at radius 3 is 2.52 bits per heavy atom. The monoisotopic (exact) mass is 399 g/mol. The normalized spacial score (nSPS) is 10.3. The van der Waals surface area contributed by atoms with Crippen molar-refractivity contribution < 1.29 is 9.47 Å². The minimum absolute atomic E-state index is 0.478. The summed E-state index contributed by atoms with van der Waals surface area (Å²) < 4.78 is 12.0. The summed E-state index contributed by atoms with van der Waals surface area (Å²) in [6.07, 6.45) is 1.74. The van der Waals surface area contributed by atoms with Crippen LogP contribution in [-0.4, -0.2) is 30.2 Å². The summed E-state index contributed by atoms with van der Waals surface area (Å²) in [6, 6.07) is 17.5. The van der Waals surface area contributed by atoms with Gasteiger partial charge in [-0.05, 0) is 30.3 Å². The first-order valence-corrected chi connectivity index (χ1v) is 8.64. The topological polar surface area (TPSA) is 56.3 Å². The van der Waals surface area contributed by atoms with Crippen LogP contribution in [0.15, 0.2) is 65.3 Å². The molecule has 0 spiro atoms. The summed E-state index contributed by atoms with van der Waals surface area (Å²) in [4.78, 5) is 8.78. The van der Waals surface area contributed by atoms with Crippen molar-refractivity contribution in [2.75, 3.05) is 25.6 Å². The Morgan fingerprint density at radius 1 is 1.00 bits per heavy atom. The molecule has 0 aliphatic carbocycles. The lowest BCUT2D eigenvalue weighted by Crippen LogP contribution is -2.13. The van der Waals surface area contributed by atoms with Crippen LogP contribution in [0.1, 0.15) is 0 Å². The van der Waals surface area contributed by atoms with Gasteiger partial charge in [0.05, 0.1) is 19.3 Å². The molecule has 5 nitrogen and oxygen atoms in total. The molecule has 1 aromatic heterocycles. The molecule has 3 aromatic rings. The lowest BCUT2D eigenvalue weighted by atomic mass is 10.1. The first-order valence-electron chi connectivity index (χ1n) is 7.85. The summed E-state index contributed by atoms with van der Waals surface area (Å²) in [5.41, 5.74) is 1.91. The second-order valence-corrected chi connectivity index (χ2v) is 6.11. The minimum Gasteiger partial charge on any atom is -0.493 e. The number of benzene rings is 2. The van der Waals surface area contributed by atoms with E-state index in [2.05, 4.69) is 31.2 Å². The van der Waals surface area contributed by atoms with Crippen molar-refractivity contribution in [3.05, 3.63) is 65.3 Å². The number of anilines is 1. The fraction of sp³-hybridized carbons (Fsp3) is 0.158. The van der Waals surface area contributed by atoms with Crippen LogP contribution in [0.3, 0.4) is 0 Å². The third kappa shape index (κ3) is 4.70. The van der Waals surface area contributed by atoms with Gasteiger partial charge < -0.3 is 14.8 Å². The zero-order valence-electron chi connectivity index (χ0n) is 13.8. The molecule has 0 atom stereocenters. The maximum absolute atomic E-state index is 5.73. The number of para-hydroxylation sites is 2. The number of ether oxygens (including phenoxy) is 2. The lowest BCUT2D eigenvalue weighted by Gasteiger charge is -2.11. The maximum Gasteiger partial charge on any atom is 0.223 e. The summed E-state index contributed by atoms with van der Waals surface area (Å²) in [7, 11) is 1.63. The Bertz CT molecular complexity index is 825. The van der Waals surface area contributed by atoms with E-state index >= 15 is 0 Å². The third-order valence-corrected chi connectivity index (χ3v) is 4.04. The molecule has 0 saturated carbocycles. The highest BCUT2D eigenvalue weighted by molar-refractivity contribution is 9.10. The van der Waals surface area contributed by atoms with Crippen molar-refractivity contribution in [2.24, 2.45) is 0 Å². The molecule has 128 valence electrons. The highest BCUT2D eigenvalue weighted by atomic mass is 79.9. The molecule has 0 radical (unpaired) electrons. The summed E-state index contributed by atoms with van der Waals surface area (Å²) >= 11 is 3.44. The predicted molar refractivity (Wildman–Crippen MR) is 102 cm³/mol. The highest BCUT2D eigenvalue weighted by Gasteiger charge is 2.04. The van der Waals surface area contributed by atoms with Crippen LogP contribution in [0.25, 0.3) is 11.3 Å². The Kier molecular flexibility index (Phi) is 5.85. The van der Waals surface area contributed by atoms with Gasteiger partial charge in [0.2, 0.25) is 5.95 Å². The number of nitrogens with one attached hydrogen (secondary N) is 1. The molecule has 6 heteroatoms. The smallest absolute Gasteiger partial charge is 0.223 e. The van der Waals surface area contributed by atoms with Gasteiger partial charge in [0.15, 0.2) is 11.5 Å². The van der Waals surface area contributed by atoms with Crippen molar-refractivity contribution in [3.63, 3.8) is 0 Å². The van der Waals surface area contributed by atoms with Gasteiger partial charge >= 0.3 is 0 Å². The number of hydrogen-bond donors (Lipinski definition) is 1. The van der Waals surface area contributed by atoms with Gasteiger partial charge in [0.1, 0.15) is 6.61 Å². The van der Waals surface area contributed by atoms with E-state index in [-0.39, 0.29) is 0 Å². The van der Waals surface area contributed by atoms with Gasteiger partial charge in [-0.15, -0.1) is 0 Å². The fourth-order valence-electron chi connectivity index (χ4n) is 2.29. The molecule has 1 heterocycles. The molecule has 0 aliphatic heterocycles. The average Bonchev–Trinajstić information content (AvgIpc) is 2.66. The van der Waals surface area contributed by atoms with Gasteiger partial charge in [-0.2, -0.15) is 0 Å². The van der Waals surface area contributed by atoms with Crippen molar-refractivity contribution in [1.82, 2.24) is 9.97 Å². The number of nitrogens with zero attached hydrogens (tertiary/aromatic N) is 2. The van der Waals surface area contributed by atoms with E-state index in [4.69, 9.17) is 9.47 Å². The Labute approximate surface area is 155 Å². The summed E-state index contributed by atoms with van der Waals surface area (Å²) in [5.74, 6) is 2.01. The van der Waals surface area contributed by atoms with E-state index in [0.29, 0.717) is 19.1 Å². The quantitative estimate of drug-likeness (QED) is 0.596. The molecule has 25 heavy (non-hydrogen) atoms. The molecule has 0 saturated heterocycles. The average molecular weight is 400 g/mol. The van der Waals surface area contributed by atoms with E-state index in [1.807, 2.05) is 54.6 Å². The first kappa shape index (κ1) is 17.2. The molecule has 1 N–H and O–H groups in total. The molecule has 2 aromatic carbocycles. The zero-order chi connectivity index (χ0) is 17.5. The van der Waals surface area contributed by atoms with Gasteiger partial charge in [-0.3, -0.25) is 0 Å². The number of halogens is 1. The summed E-state index contributed by atoms with van der Waals surface area (Å²) in [5, 5.41) is 3.18. The SMILES string of the molecule is COc1ccccc1OCCNc1nccc(-c2ccc(Br)cc2)n1. The van der Waals surface area contributed by atoms with Crippen LogP contribution in [0.2, 0.25) is 0 Å². The third-order valence-electron chi connectivity index (χ3n) is 3.51. The van der Waals surface area contributed by atoms with Crippen LogP contribution in [0, 0.1) is 0 Å². The molecule has 0 amide bonds. The molecule has 0 unspecified atom stereocenters. The van der Waals surface area contributed by atoms with Crippen molar-refractivity contribution >= 4 is 21.9 Å². The van der Waals surface area contributed by atoms with E-state index in [9.17, 15) is 0 Å². The van der Waals surface area contributed by atoms with Gasteiger partial charge in [0.25, 0.3) is 0 Å². The van der Waals surface area contributed by atoms with E-state index in [1.165, 1.54) is 0 Å². The van der Waals surface area contributed by atoms with Gasteiger partial charge in [-0.25, -0.2) is 9.97 Å². The standard InChI is InChI=1S/C19H18BrN3O2/c1-24-17-4-2-3-5-18(17)25-13-12-22-19-21-11-10-16(23-19)14-6-8-15(20)9-7-14/h2-11H,12-13H2,1H3,(H,21,22,23). The predicted octanol–water partition coefficient (Wildman–Crippen LogP) is 4.41. The summed E-state index contributed by atoms with van der Waals surface area (Å²) in [6.45, 7) is 1.06. The number of rotatable bonds is 7. The van der Waals surface area contributed by atoms with E-state index < -0.39 is 0 Å². The van der Waals surface area contributed by atoms with Gasteiger partial charge in [0, 0.05) is 16.2 Å². The van der Waals surface area contributed by atoms with Crippen LogP contribution in [0.4, 0.5) is 5.95 Å². The van der Waals surface area contributed by atoms with E-state index in [1.54, 1.807) is 13.3 Å². The Morgan fingerprint density at radius 2 is 1.76 bits per heavy atom. The maximum atomic E-state index is 5.73. The number of aromatic nitrogens is 2. The molecule has 0 fully saturated rings. The lowest BCUT2D eigenvalue weighted by molar-refractivity contribution is 0.305. The van der Waals surface area contributed by atoms with Crippen molar-refractivity contribution in [1.29, 1.82) is 0 Å². The minimum atomic E-state index is 0.478. The molecule has 0 bridgehead atoms.